The highest BCUT2D eigenvalue weighted by Crippen LogP contribution is 2.22. The number of carbonyl (C=O) groups excluding carboxylic acids is 3. The Labute approximate surface area is 268 Å². The lowest BCUT2D eigenvalue weighted by Gasteiger charge is -2.39. The van der Waals surface area contributed by atoms with E-state index in [1.807, 2.05) is 0 Å². The molecule has 2 amide bonds. The average Bonchev–Trinajstić information content (AvgIpc) is 3.03. The third kappa shape index (κ3) is 15.8. The summed E-state index contributed by atoms with van der Waals surface area (Å²) in [5, 5.41) is 91.4. The molecule has 10 atom stereocenters. The molecule has 1 aliphatic heterocycles. The summed E-state index contributed by atoms with van der Waals surface area (Å²) in [7, 11) is 0. The van der Waals surface area contributed by atoms with Crippen LogP contribution < -0.4 is 10.6 Å². The molecule has 17 nitrogen and oxygen atoms in total. The van der Waals surface area contributed by atoms with Crippen LogP contribution in [0.15, 0.2) is 0 Å². The molecule has 0 saturated carbocycles. The van der Waals surface area contributed by atoms with Gasteiger partial charge in [0, 0.05) is 32.6 Å². The van der Waals surface area contributed by atoms with Crippen molar-refractivity contribution in [3.63, 3.8) is 0 Å². The molecule has 0 aliphatic carbocycles. The SMILES string of the molecule is CC(=O)[C@@H](CCCCNC(=O)CCCCOC1OC(CO)C(O)C(O)C1O)NC(=O)CCCCOCC(O)C(O)C(O)C(O)CO. The van der Waals surface area contributed by atoms with E-state index in [-0.39, 0.29) is 50.3 Å². The second-order valence-corrected chi connectivity index (χ2v) is 11.4. The van der Waals surface area contributed by atoms with Gasteiger partial charge >= 0.3 is 0 Å². The fourth-order valence-electron chi connectivity index (χ4n) is 4.58. The van der Waals surface area contributed by atoms with Crippen LogP contribution in [0.4, 0.5) is 0 Å². The number of aliphatic hydroxyl groups is 9. The molecule has 17 heteroatoms. The molecule has 1 aliphatic rings. The number of ketones is 1. The number of aliphatic hydroxyl groups excluding tert-OH is 9. The lowest BCUT2D eigenvalue weighted by molar-refractivity contribution is -0.301. The van der Waals surface area contributed by atoms with Gasteiger partial charge in [0.05, 0.1) is 25.9 Å². The number of hydrogen-bond donors (Lipinski definition) is 11. The third-order valence-electron chi connectivity index (χ3n) is 7.55. The van der Waals surface area contributed by atoms with Gasteiger partial charge in [0.15, 0.2) is 12.1 Å². The molecule has 270 valence electrons. The smallest absolute Gasteiger partial charge is 0.220 e. The molecule has 46 heavy (non-hydrogen) atoms. The Morgan fingerprint density at radius 1 is 0.783 bits per heavy atom. The van der Waals surface area contributed by atoms with Crippen LogP contribution in [-0.4, -0.2) is 164 Å². The maximum Gasteiger partial charge on any atom is 0.220 e. The summed E-state index contributed by atoms with van der Waals surface area (Å²) >= 11 is 0. The highest BCUT2D eigenvalue weighted by Gasteiger charge is 2.43. The van der Waals surface area contributed by atoms with Crippen molar-refractivity contribution in [3.05, 3.63) is 0 Å². The molecule has 0 radical (unpaired) electrons. The van der Waals surface area contributed by atoms with Gasteiger partial charge in [0.25, 0.3) is 0 Å². The quantitative estimate of drug-likeness (QED) is 0.0412. The summed E-state index contributed by atoms with van der Waals surface area (Å²) in [5.41, 5.74) is 0. The van der Waals surface area contributed by atoms with E-state index in [0.717, 1.165) is 0 Å². The molecule has 11 N–H and O–H groups in total. The van der Waals surface area contributed by atoms with Crippen molar-refractivity contribution in [1.29, 1.82) is 0 Å². The first kappa shape index (κ1) is 42.2. The summed E-state index contributed by atoms with van der Waals surface area (Å²) in [4.78, 5) is 36.3. The summed E-state index contributed by atoms with van der Waals surface area (Å²) < 4.78 is 15.9. The van der Waals surface area contributed by atoms with Crippen LogP contribution in [0, 0.1) is 0 Å². The van der Waals surface area contributed by atoms with Crippen LogP contribution >= 0.6 is 0 Å². The van der Waals surface area contributed by atoms with E-state index in [1.54, 1.807) is 0 Å². The van der Waals surface area contributed by atoms with Crippen LogP contribution in [0.5, 0.6) is 0 Å². The average molecular weight is 671 g/mol. The predicted molar refractivity (Wildman–Crippen MR) is 159 cm³/mol. The van der Waals surface area contributed by atoms with Crippen molar-refractivity contribution in [3.8, 4) is 0 Å². The van der Waals surface area contributed by atoms with Gasteiger partial charge in [0.1, 0.15) is 48.8 Å². The van der Waals surface area contributed by atoms with Crippen LogP contribution in [0.25, 0.3) is 0 Å². The third-order valence-corrected chi connectivity index (χ3v) is 7.55. The van der Waals surface area contributed by atoms with Crippen molar-refractivity contribution in [2.75, 3.05) is 39.6 Å². The van der Waals surface area contributed by atoms with Crippen molar-refractivity contribution in [1.82, 2.24) is 10.6 Å². The first-order valence-electron chi connectivity index (χ1n) is 15.7. The second kappa shape index (κ2) is 23.5. The largest absolute Gasteiger partial charge is 0.394 e. The van der Waals surface area contributed by atoms with E-state index in [4.69, 9.17) is 19.3 Å². The highest BCUT2D eigenvalue weighted by atomic mass is 16.7. The lowest BCUT2D eigenvalue weighted by Crippen LogP contribution is -2.59. The molecule has 0 spiro atoms. The van der Waals surface area contributed by atoms with Crippen LogP contribution in [0.2, 0.25) is 0 Å². The topological polar surface area (TPSA) is 285 Å². The molecule has 0 aromatic heterocycles. The van der Waals surface area contributed by atoms with Crippen LogP contribution in [-0.2, 0) is 28.6 Å². The van der Waals surface area contributed by atoms with Crippen molar-refractivity contribution >= 4 is 17.6 Å². The fraction of sp³-hybridized carbons (Fsp3) is 0.897. The van der Waals surface area contributed by atoms with Gasteiger partial charge in [-0.3, -0.25) is 14.4 Å². The zero-order chi connectivity index (χ0) is 34.6. The number of carbonyl (C=O) groups is 3. The maximum absolute atomic E-state index is 12.3. The molecular weight excluding hydrogens is 616 g/mol. The number of Topliss-reactive ketones (excluding diaryl/α,β-unsaturated/α-hetero) is 1. The Bertz CT molecular complexity index is 866. The van der Waals surface area contributed by atoms with Gasteiger partial charge < -0.3 is 70.8 Å². The van der Waals surface area contributed by atoms with Crippen LogP contribution in [0.3, 0.4) is 0 Å². The van der Waals surface area contributed by atoms with Crippen molar-refractivity contribution in [2.45, 2.75) is 126 Å². The Balaban J connectivity index is 2.13. The van der Waals surface area contributed by atoms with E-state index < -0.39 is 74.4 Å². The Kier molecular flexibility index (Phi) is 21.5. The Morgan fingerprint density at radius 3 is 2.04 bits per heavy atom. The Morgan fingerprint density at radius 2 is 1.41 bits per heavy atom. The van der Waals surface area contributed by atoms with Gasteiger partial charge in [-0.15, -0.1) is 0 Å². The molecule has 0 bridgehead atoms. The number of hydrogen-bond acceptors (Lipinski definition) is 15. The maximum atomic E-state index is 12.3. The van der Waals surface area contributed by atoms with E-state index in [2.05, 4.69) is 10.6 Å². The zero-order valence-corrected chi connectivity index (χ0v) is 26.4. The van der Waals surface area contributed by atoms with E-state index in [9.17, 15) is 55.2 Å². The highest BCUT2D eigenvalue weighted by molar-refractivity contribution is 5.87. The molecule has 1 saturated heterocycles. The molecule has 0 aromatic rings. The monoisotopic (exact) mass is 670 g/mol. The van der Waals surface area contributed by atoms with E-state index in [0.29, 0.717) is 51.5 Å². The van der Waals surface area contributed by atoms with Gasteiger partial charge in [-0.05, 0) is 51.9 Å². The number of nitrogens with one attached hydrogen (secondary N) is 2. The fourth-order valence-corrected chi connectivity index (χ4v) is 4.58. The molecule has 1 fully saturated rings. The van der Waals surface area contributed by atoms with Gasteiger partial charge in [0.2, 0.25) is 11.8 Å². The first-order chi connectivity index (χ1) is 21.8. The molecule has 9 unspecified atom stereocenters. The first-order valence-corrected chi connectivity index (χ1v) is 15.7. The summed E-state index contributed by atoms with van der Waals surface area (Å²) in [6.07, 6.45) is -9.44. The number of amides is 2. The molecule has 1 heterocycles. The zero-order valence-electron chi connectivity index (χ0n) is 26.4. The second-order valence-electron chi connectivity index (χ2n) is 11.4. The number of unbranched alkanes of at least 4 members (excludes halogenated alkanes) is 3. The Hall–Kier alpha value is -1.87. The number of ether oxygens (including phenoxy) is 3. The van der Waals surface area contributed by atoms with Crippen LogP contribution in [0.1, 0.15) is 64.7 Å². The minimum atomic E-state index is -1.73. The van der Waals surface area contributed by atoms with Gasteiger partial charge in [-0.1, -0.05) is 0 Å². The molecular formula is C29H54N2O15. The summed E-state index contributed by atoms with van der Waals surface area (Å²) in [5.74, 6) is -0.662. The van der Waals surface area contributed by atoms with E-state index >= 15 is 0 Å². The normalized spacial score (nSPS) is 24.9. The lowest BCUT2D eigenvalue weighted by atomic mass is 9.99. The molecule has 1 rings (SSSR count). The summed E-state index contributed by atoms with van der Waals surface area (Å²) in [6, 6.07) is -0.652. The van der Waals surface area contributed by atoms with E-state index in [1.165, 1.54) is 6.92 Å². The summed E-state index contributed by atoms with van der Waals surface area (Å²) in [6.45, 7) is 0.418. The van der Waals surface area contributed by atoms with Crippen molar-refractivity contribution in [2.24, 2.45) is 0 Å². The minimum absolute atomic E-state index is 0.127. The standard InChI is InChI=1S/C29H54N2O15/c1-17(34)18(31-23(38)10-3-6-12-44-16-20(36)25(40)24(39)19(35)14-32)8-2-5-11-30-22(37)9-4-7-13-45-29-28(43)27(42)26(41)21(15-33)46-29/h18-21,24-29,32-33,35-36,39-43H,2-16H2,1H3,(H,30,37)(H,31,38)/t18-,19?,20?,21?,24?,25?,26?,27?,28?,29?/m1/s1. The predicted octanol–water partition coefficient (Wildman–Crippen LogP) is -4.04. The molecule has 0 aromatic carbocycles. The minimum Gasteiger partial charge on any atom is -0.394 e. The van der Waals surface area contributed by atoms with Gasteiger partial charge in [-0.2, -0.15) is 0 Å². The van der Waals surface area contributed by atoms with Gasteiger partial charge in [-0.25, -0.2) is 0 Å². The van der Waals surface area contributed by atoms with Crippen molar-refractivity contribution < 1.29 is 74.6 Å². The number of rotatable bonds is 25.